The zero-order valence-electron chi connectivity index (χ0n) is 22.2. The number of rotatable bonds is 6. The van der Waals surface area contributed by atoms with E-state index >= 15 is 0 Å². The Labute approximate surface area is 245 Å². The van der Waals surface area contributed by atoms with Crippen LogP contribution in [0.4, 0.5) is 15.9 Å². The average molecular weight is 588 g/mol. The maximum Gasteiger partial charge on any atom is 0.267 e. The molecule has 11 heteroatoms. The van der Waals surface area contributed by atoms with Crippen molar-refractivity contribution in [2.45, 2.75) is 6.54 Å². The van der Waals surface area contributed by atoms with Crippen LogP contribution in [0, 0.1) is 5.82 Å². The lowest BCUT2D eigenvalue weighted by atomic mass is 10.2. The standard InChI is InChI=1S/C30H26FN5O3S2/c1-39-21-11-9-20(10-12-21)19-36-29(38)25(41-30(36)40)18-22-27(32-26-8-4-5-13-35(26)28(22)37)34-16-14-33(15-17-34)24-7-3-2-6-23(24)31/h2-13,18H,14-17,19H2,1H3. The summed E-state index contributed by atoms with van der Waals surface area (Å²) in [6.45, 7) is 2.48. The maximum absolute atomic E-state index is 14.4. The average Bonchev–Trinajstić information content (AvgIpc) is 3.26. The quantitative estimate of drug-likeness (QED) is 0.240. The fourth-order valence-electron chi connectivity index (χ4n) is 5.01. The van der Waals surface area contributed by atoms with Crippen LogP contribution in [0.5, 0.6) is 5.75 Å². The zero-order valence-corrected chi connectivity index (χ0v) is 23.8. The number of methoxy groups -OCH3 is 1. The van der Waals surface area contributed by atoms with Gasteiger partial charge in [0.05, 0.1) is 29.8 Å². The van der Waals surface area contributed by atoms with Crippen molar-refractivity contribution in [2.24, 2.45) is 0 Å². The van der Waals surface area contributed by atoms with E-state index in [4.69, 9.17) is 21.9 Å². The van der Waals surface area contributed by atoms with Crippen LogP contribution in [0.3, 0.4) is 0 Å². The van der Waals surface area contributed by atoms with Crippen molar-refractivity contribution in [3.63, 3.8) is 0 Å². The van der Waals surface area contributed by atoms with Crippen LogP contribution in [0.25, 0.3) is 11.7 Å². The summed E-state index contributed by atoms with van der Waals surface area (Å²) in [4.78, 5) is 38.0. The molecular formula is C30H26FN5O3S2. The third-order valence-electron chi connectivity index (χ3n) is 7.17. The highest BCUT2D eigenvalue weighted by atomic mass is 32.2. The number of carbonyl (C=O) groups excluding carboxylic acids is 1. The number of amides is 1. The molecule has 0 bridgehead atoms. The molecule has 2 fully saturated rings. The summed E-state index contributed by atoms with van der Waals surface area (Å²) in [5.74, 6) is 0.699. The normalized spacial score (nSPS) is 16.7. The minimum Gasteiger partial charge on any atom is -0.497 e. The minimum absolute atomic E-state index is 0.260. The number of para-hydroxylation sites is 1. The first kappa shape index (κ1) is 27.0. The van der Waals surface area contributed by atoms with Crippen molar-refractivity contribution >= 4 is 57.4 Å². The van der Waals surface area contributed by atoms with Crippen molar-refractivity contribution in [1.82, 2.24) is 14.3 Å². The lowest BCUT2D eigenvalue weighted by Crippen LogP contribution is -2.47. The molecule has 0 atom stereocenters. The molecule has 2 aromatic heterocycles. The Bertz CT molecular complexity index is 1730. The number of fused-ring (bicyclic) bond motifs is 1. The third kappa shape index (κ3) is 5.30. The fraction of sp³-hybridized carbons (Fsp3) is 0.200. The predicted octanol–water partition coefficient (Wildman–Crippen LogP) is 4.57. The van der Waals surface area contributed by atoms with Crippen LogP contribution in [0.15, 0.2) is 82.6 Å². The van der Waals surface area contributed by atoms with E-state index in [2.05, 4.69) is 0 Å². The number of hydrogen-bond acceptors (Lipinski definition) is 8. The highest BCUT2D eigenvalue weighted by Crippen LogP contribution is 2.35. The third-order valence-corrected chi connectivity index (χ3v) is 8.55. The lowest BCUT2D eigenvalue weighted by Gasteiger charge is -2.37. The van der Waals surface area contributed by atoms with E-state index in [1.165, 1.54) is 27.1 Å². The molecule has 8 nitrogen and oxygen atoms in total. The summed E-state index contributed by atoms with van der Waals surface area (Å²) < 4.78 is 21.5. The highest BCUT2D eigenvalue weighted by molar-refractivity contribution is 8.26. The van der Waals surface area contributed by atoms with Gasteiger partial charge in [-0.1, -0.05) is 54.3 Å². The second-order valence-corrected chi connectivity index (χ2v) is 11.3. The van der Waals surface area contributed by atoms with E-state index < -0.39 is 0 Å². The largest absolute Gasteiger partial charge is 0.497 e. The van der Waals surface area contributed by atoms with Crippen LogP contribution in [-0.4, -0.2) is 57.8 Å². The van der Waals surface area contributed by atoms with E-state index in [-0.39, 0.29) is 17.3 Å². The van der Waals surface area contributed by atoms with Gasteiger partial charge in [-0.25, -0.2) is 9.37 Å². The summed E-state index contributed by atoms with van der Waals surface area (Å²) in [5, 5.41) is 0. The number of piperazine rings is 1. The lowest BCUT2D eigenvalue weighted by molar-refractivity contribution is -0.122. The Morgan fingerprint density at radius 1 is 0.976 bits per heavy atom. The molecule has 0 spiro atoms. The van der Waals surface area contributed by atoms with Crippen LogP contribution in [0.1, 0.15) is 11.1 Å². The van der Waals surface area contributed by atoms with Gasteiger partial charge in [-0.15, -0.1) is 0 Å². The number of benzene rings is 2. The number of carbonyl (C=O) groups is 1. The van der Waals surface area contributed by atoms with Crippen molar-refractivity contribution in [2.75, 3.05) is 43.1 Å². The molecule has 0 saturated carbocycles. The number of aromatic nitrogens is 2. The van der Waals surface area contributed by atoms with Gasteiger partial charge in [0, 0.05) is 32.4 Å². The molecule has 6 rings (SSSR count). The second-order valence-electron chi connectivity index (χ2n) is 9.62. The van der Waals surface area contributed by atoms with Gasteiger partial charge in [-0.3, -0.25) is 18.9 Å². The maximum atomic E-state index is 14.4. The Morgan fingerprint density at radius 3 is 2.41 bits per heavy atom. The Hall–Kier alpha value is -4.22. The summed E-state index contributed by atoms with van der Waals surface area (Å²) in [7, 11) is 1.60. The first-order valence-corrected chi connectivity index (χ1v) is 14.3. The van der Waals surface area contributed by atoms with Gasteiger partial charge in [0.1, 0.15) is 27.4 Å². The molecule has 0 aliphatic carbocycles. The second kappa shape index (κ2) is 11.3. The SMILES string of the molecule is COc1ccc(CN2C(=O)C(=Cc3c(N4CCN(c5ccccc5F)CC4)nc4ccccn4c3=O)SC2=S)cc1. The van der Waals surface area contributed by atoms with Gasteiger partial charge in [-0.2, -0.15) is 0 Å². The number of nitrogens with zero attached hydrogens (tertiary/aromatic N) is 5. The van der Waals surface area contributed by atoms with Crippen LogP contribution >= 0.6 is 24.0 Å². The van der Waals surface area contributed by atoms with Gasteiger partial charge in [0.2, 0.25) is 0 Å². The van der Waals surface area contributed by atoms with Crippen LogP contribution in [-0.2, 0) is 11.3 Å². The molecule has 41 heavy (non-hydrogen) atoms. The molecule has 2 saturated heterocycles. The van der Waals surface area contributed by atoms with E-state index in [0.29, 0.717) is 64.7 Å². The number of thiocarbonyl (C=S) groups is 1. The van der Waals surface area contributed by atoms with E-state index in [1.54, 1.807) is 43.6 Å². The van der Waals surface area contributed by atoms with Gasteiger partial charge in [0.25, 0.3) is 11.5 Å². The van der Waals surface area contributed by atoms with Crippen LogP contribution < -0.4 is 20.1 Å². The van der Waals surface area contributed by atoms with Crippen molar-refractivity contribution in [1.29, 1.82) is 0 Å². The Morgan fingerprint density at radius 2 is 1.68 bits per heavy atom. The highest BCUT2D eigenvalue weighted by Gasteiger charge is 2.33. The van der Waals surface area contributed by atoms with Gasteiger partial charge in [-0.05, 0) is 48.0 Å². The monoisotopic (exact) mass is 587 g/mol. The molecule has 4 aromatic rings. The topological polar surface area (TPSA) is 70.4 Å². The molecule has 0 N–H and O–H groups in total. The zero-order chi connectivity index (χ0) is 28.5. The first-order valence-electron chi connectivity index (χ1n) is 13.1. The number of thioether (sulfide) groups is 1. The number of halogens is 1. The van der Waals surface area contributed by atoms with E-state index in [1.807, 2.05) is 46.2 Å². The number of anilines is 2. The molecule has 208 valence electrons. The molecule has 0 unspecified atom stereocenters. The van der Waals surface area contributed by atoms with E-state index in [0.717, 1.165) is 11.3 Å². The van der Waals surface area contributed by atoms with Crippen LogP contribution in [0.2, 0.25) is 0 Å². The summed E-state index contributed by atoms with van der Waals surface area (Å²) in [5.41, 5.74) is 2.01. The van der Waals surface area contributed by atoms with Gasteiger partial charge >= 0.3 is 0 Å². The van der Waals surface area contributed by atoms with Gasteiger partial charge in [0.15, 0.2) is 0 Å². The molecular weight excluding hydrogens is 561 g/mol. The van der Waals surface area contributed by atoms with Crippen molar-refractivity contribution in [3.05, 3.63) is 105 Å². The Balaban J connectivity index is 1.32. The number of pyridine rings is 1. The molecule has 0 radical (unpaired) electrons. The molecule has 1 amide bonds. The molecule has 2 aliphatic heterocycles. The first-order chi connectivity index (χ1) is 19.9. The van der Waals surface area contributed by atoms with Crippen molar-refractivity contribution in [3.8, 4) is 5.75 Å². The predicted molar refractivity (Wildman–Crippen MR) is 164 cm³/mol. The summed E-state index contributed by atoms with van der Waals surface area (Å²) >= 11 is 6.73. The summed E-state index contributed by atoms with van der Waals surface area (Å²) in [6.07, 6.45) is 3.28. The number of ether oxygens (including phenoxy) is 1. The fourth-order valence-corrected chi connectivity index (χ4v) is 6.24. The molecule has 2 aromatic carbocycles. The molecule has 4 heterocycles. The smallest absolute Gasteiger partial charge is 0.267 e. The van der Waals surface area contributed by atoms with Gasteiger partial charge < -0.3 is 14.5 Å². The number of hydrogen-bond donors (Lipinski definition) is 0. The molecule has 2 aliphatic rings. The minimum atomic E-state index is -0.275. The van der Waals surface area contributed by atoms with E-state index in [9.17, 15) is 14.0 Å². The summed E-state index contributed by atoms with van der Waals surface area (Å²) in [6, 6.07) is 19.5. The van der Waals surface area contributed by atoms with Crippen molar-refractivity contribution < 1.29 is 13.9 Å². The Kier molecular flexibility index (Phi) is 7.46.